The lowest BCUT2D eigenvalue weighted by molar-refractivity contribution is 0.0210. The Kier molecular flexibility index (Phi) is 3.21. The predicted molar refractivity (Wildman–Crippen MR) is 65.6 cm³/mol. The zero-order chi connectivity index (χ0) is 12.6. The maximum absolute atomic E-state index is 13.2. The Morgan fingerprint density at radius 2 is 2.06 bits per heavy atom. The number of aryl methyl sites for hydroxylation is 1. The van der Waals surface area contributed by atoms with Gasteiger partial charge in [0.2, 0.25) is 0 Å². The molecule has 1 aromatic carbocycles. The molecular weight excluding hydrogens is 220 g/mol. The van der Waals surface area contributed by atoms with Crippen LogP contribution >= 0.6 is 0 Å². The molecular formula is C14H19F2N. The highest BCUT2D eigenvalue weighted by Crippen LogP contribution is 2.36. The van der Waals surface area contributed by atoms with Crippen molar-refractivity contribution >= 4 is 0 Å². The molecule has 1 fully saturated rings. The van der Waals surface area contributed by atoms with Gasteiger partial charge in [-0.25, -0.2) is 8.78 Å². The topological polar surface area (TPSA) is 12.0 Å². The summed E-state index contributed by atoms with van der Waals surface area (Å²) in [5, 5.41) is 2.92. The smallest absolute Gasteiger partial charge is 0.262 e. The van der Waals surface area contributed by atoms with E-state index in [4.69, 9.17) is 0 Å². The standard InChI is InChI=1S/C14H19F2N/c1-9(2)11-5-4-10(3)12(6-11)13-7-14(15,16)8-17-13/h4-6,9,13,17H,7-8H2,1-3H3. The summed E-state index contributed by atoms with van der Waals surface area (Å²) in [5.74, 6) is -2.14. The molecule has 0 aromatic heterocycles. The first-order chi connectivity index (χ1) is 7.89. The molecule has 2 rings (SSSR count). The molecule has 1 atom stereocenters. The van der Waals surface area contributed by atoms with Crippen LogP contribution in [0.15, 0.2) is 18.2 Å². The Morgan fingerprint density at radius 1 is 1.35 bits per heavy atom. The van der Waals surface area contributed by atoms with Crippen LogP contribution in [-0.2, 0) is 0 Å². The minimum absolute atomic E-state index is 0.0879. The largest absolute Gasteiger partial charge is 0.304 e. The molecule has 1 heterocycles. The summed E-state index contributed by atoms with van der Waals surface area (Å²) >= 11 is 0. The molecule has 1 aliphatic rings. The van der Waals surface area contributed by atoms with Crippen molar-refractivity contribution in [3.05, 3.63) is 34.9 Å². The van der Waals surface area contributed by atoms with Gasteiger partial charge in [0, 0.05) is 12.5 Å². The number of alkyl halides is 2. The Balaban J connectivity index is 2.29. The molecule has 1 aliphatic heterocycles. The van der Waals surface area contributed by atoms with Gasteiger partial charge in [0.05, 0.1) is 6.54 Å². The van der Waals surface area contributed by atoms with Crippen molar-refractivity contribution in [1.82, 2.24) is 5.32 Å². The summed E-state index contributed by atoms with van der Waals surface area (Å²) < 4.78 is 26.4. The third-order valence-electron chi connectivity index (χ3n) is 3.46. The van der Waals surface area contributed by atoms with Crippen molar-refractivity contribution in [2.45, 2.75) is 45.1 Å². The van der Waals surface area contributed by atoms with Crippen LogP contribution in [-0.4, -0.2) is 12.5 Å². The third-order valence-corrected chi connectivity index (χ3v) is 3.46. The Hall–Kier alpha value is -0.960. The highest BCUT2D eigenvalue weighted by Gasteiger charge is 2.40. The quantitative estimate of drug-likeness (QED) is 0.828. The third kappa shape index (κ3) is 2.65. The minimum Gasteiger partial charge on any atom is -0.304 e. The number of rotatable bonds is 2. The van der Waals surface area contributed by atoms with E-state index in [1.54, 1.807) is 0 Å². The maximum atomic E-state index is 13.2. The van der Waals surface area contributed by atoms with E-state index in [9.17, 15) is 8.78 Å². The molecule has 0 bridgehead atoms. The SMILES string of the molecule is Cc1ccc(C(C)C)cc1C1CC(F)(F)CN1. The van der Waals surface area contributed by atoms with E-state index in [-0.39, 0.29) is 19.0 Å². The van der Waals surface area contributed by atoms with E-state index >= 15 is 0 Å². The van der Waals surface area contributed by atoms with Crippen LogP contribution in [0.25, 0.3) is 0 Å². The summed E-state index contributed by atoms with van der Waals surface area (Å²) in [6.45, 7) is 6.01. The Morgan fingerprint density at radius 3 is 2.59 bits per heavy atom. The number of nitrogens with one attached hydrogen (secondary N) is 1. The predicted octanol–water partition coefficient (Wildman–Crippen LogP) is 3.79. The molecule has 3 heteroatoms. The maximum Gasteiger partial charge on any atom is 0.262 e. The van der Waals surface area contributed by atoms with Gasteiger partial charge in [0.15, 0.2) is 0 Å². The molecule has 1 nitrogen and oxygen atoms in total. The molecule has 0 aliphatic carbocycles. The lowest BCUT2D eigenvalue weighted by atomic mass is 9.93. The molecule has 0 spiro atoms. The average molecular weight is 239 g/mol. The van der Waals surface area contributed by atoms with Crippen LogP contribution in [0.5, 0.6) is 0 Å². The van der Waals surface area contributed by atoms with Gasteiger partial charge in [0.1, 0.15) is 0 Å². The van der Waals surface area contributed by atoms with Crippen molar-refractivity contribution in [3.8, 4) is 0 Å². The number of hydrogen-bond acceptors (Lipinski definition) is 1. The van der Waals surface area contributed by atoms with Gasteiger partial charge in [-0.15, -0.1) is 0 Å². The van der Waals surface area contributed by atoms with E-state index in [0.717, 1.165) is 11.1 Å². The van der Waals surface area contributed by atoms with Crippen molar-refractivity contribution in [1.29, 1.82) is 0 Å². The lowest BCUT2D eigenvalue weighted by Gasteiger charge is -2.16. The van der Waals surface area contributed by atoms with Crippen LogP contribution in [0.3, 0.4) is 0 Å². The first-order valence-corrected chi connectivity index (χ1v) is 6.11. The second-order valence-electron chi connectivity index (χ2n) is 5.26. The number of halogens is 2. The fourth-order valence-electron chi connectivity index (χ4n) is 2.33. The number of benzene rings is 1. The van der Waals surface area contributed by atoms with Gasteiger partial charge in [-0.05, 0) is 29.5 Å². The van der Waals surface area contributed by atoms with E-state index in [1.807, 2.05) is 13.0 Å². The lowest BCUT2D eigenvalue weighted by Crippen LogP contribution is -2.19. The first kappa shape index (κ1) is 12.5. The van der Waals surface area contributed by atoms with Crippen LogP contribution in [0, 0.1) is 6.92 Å². The fraction of sp³-hybridized carbons (Fsp3) is 0.571. The molecule has 1 saturated heterocycles. The van der Waals surface area contributed by atoms with Gasteiger partial charge in [0.25, 0.3) is 5.92 Å². The van der Waals surface area contributed by atoms with E-state index < -0.39 is 5.92 Å². The van der Waals surface area contributed by atoms with E-state index in [0.29, 0.717) is 5.92 Å². The number of hydrogen-bond donors (Lipinski definition) is 1. The second kappa shape index (κ2) is 4.37. The minimum atomic E-state index is -2.56. The summed E-state index contributed by atoms with van der Waals surface area (Å²) in [6, 6.07) is 5.97. The summed E-state index contributed by atoms with van der Waals surface area (Å²) in [5.41, 5.74) is 3.32. The van der Waals surface area contributed by atoms with Crippen LogP contribution in [0.4, 0.5) is 8.78 Å². The summed E-state index contributed by atoms with van der Waals surface area (Å²) in [4.78, 5) is 0. The molecule has 1 aromatic rings. The van der Waals surface area contributed by atoms with E-state index in [1.165, 1.54) is 5.56 Å². The average Bonchev–Trinajstić information content (AvgIpc) is 2.59. The molecule has 0 saturated carbocycles. The highest BCUT2D eigenvalue weighted by atomic mass is 19.3. The Bertz CT molecular complexity index is 413. The van der Waals surface area contributed by atoms with E-state index in [2.05, 4.69) is 31.3 Å². The van der Waals surface area contributed by atoms with Crippen molar-refractivity contribution in [2.24, 2.45) is 0 Å². The fourth-order valence-corrected chi connectivity index (χ4v) is 2.33. The monoisotopic (exact) mass is 239 g/mol. The zero-order valence-corrected chi connectivity index (χ0v) is 10.6. The Labute approximate surface area is 101 Å². The van der Waals surface area contributed by atoms with Gasteiger partial charge in [-0.1, -0.05) is 32.0 Å². The molecule has 0 radical (unpaired) electrons. The first-order valence-electron chi connectivity index (χ1n) is 6.11. The normalized spacial score (nSPS) is 23.3. The molecule has 17 heavy (non-hydrogen) atoms. The molecule has 1 N–H and O–H groups in total. The molecule has 94 valence electrons. The second-order valence-corrected chi connectivity index (χ2v) is 5.26. The summed E-state index contributed by atoms with van der Waals surface area (Å²) in [6.07, 6.45) is -0.0879. The van der Waals surface area contributed by atoms with Crippen molar-refractivity contribution < 1.29 is 8.78 Å². The van der Waals surface area contributed by atoms with Gasteiger partial charge in [-0.3, -0.25) is 0 Å². The molecule has 0 amide bonds. The molecule has 1 unspecified atom stereocenters. The summed E-state index contributed by atoms with van der Waals surface area (Å²) in [7, 11) is 0. The van der Waals surface area contributed by atoms with Crippen LogP contribution in [0.1, 0.15) is 48.9 Å². The van der Waals surface area contributed by atoms with Crippen LogP contribution < -0.4 is 5.32 Å². The van der Waals surface area contributed by atoms with Crippen molar-refractivity contribution in [3.63, 3.8) is 0 Å². The zero-order valence-electron chi connectivity index (χ0n) is 10.6. The highest BCUT2D eigenvalue weighted by molar-refractivity contribution is 5.35. The van der Waals surface area contributed by atoms with Gasteiger partial charge in [-0.2, -0.15) is 0 Å². The van der Waals surface area contributed by atoms with Crippen molar-refractivity contribution in [2.75, 3.05) is 6.54 Å². The van der Waals surface area contributed by atoms with Crippen LogP contribution in [0.2, 0.25) is 0 Å². The van der Waals surface area contributed by atoms with Gasteiger partial charge < -0.3 is 5.32 Å². The van der Waals surface area contributed by atoms with Gasteiger partial charge >= 0.3 is 0 Å².